The first-order chi connectivity index (χ1) is 7.31. The Hall–Kier alpha value is -0.370. The van der Waals surface area contributed by atoms with Gasteiger partial charge in [-0.15, -0.1) is 0 Å². The fraction of sp³-hybridized carbons (Fsp3) is 0.923. The second kappa shape index (κ2) is 3.89. The first-order valence-corrected chi connectivity index (χ1v) is 6.57. The monoisotopic (exact) mass is 207 g/mol. The van der Waals surface area contributed by atoms with Crippen molar-refractivity contribution in [1.29, 1.82) is 0 Å². The van der Waals surface area contributed by atoms with Gasteiger partial charge >= 0.3 is 0 Å². The Morgan fingerprint density at radius 2 is 1.80 bits per heavy atom. The minimum absolute atomic E-state index is 0.496. The summed E-state index contributed by atoms with van der Waals surface area (Å²) < 4.78 is 0. The maximum atomic E-state index is 11.3. The van der Waals surface area contributed by atoms with Crippen molar-refractivity contribution in [1.82, 2.24) is 4.90 Å². The first-order valence-electron chi connectivity index (χ1n) is 6.57. The number of ketones is 1. The van der Waals surface area contributed by atoms with E-state index in [-0.39, 0.29) is 0 Å². The number of hydrogen-bond acceptors (Lipinski definition) is 2. The summed E-state index contributed by atoms with van der Waals surface area (Å²) in [5.74, 6) is 2.40. The lowest BCUT2D eigenvalue weighted by Crippen LogP contribution is -2.47. The van der Waals surface area contributed by atoms with Gasteiger partial charge in [-0.2, -0.15) is 0 Å². The Bertz CT molecular complexity index is 251. The summed E-state index contributed by atoms with van der Waals surface area (Å²) in [6.07, 6.45) is 8.62. The molecule has 2 saturated carbocycles. The van der Waals surface area contributed by atoms with E-state index in [4.69, 9.17) is 0 Å². The highest BCUT2D eigenvalue weighted by Crippen LogP contribution is 2.36. The number of Topliss-reactive ketones (excluding diaryl/α,β-unsaturated/α-hetero) is 1. The predicted octanol–water partition coefficient (Wildman–Crippen LogP) is 2.23. The Kier molecular flexibility index (Phi) is 2.55. The zero-order chi connectivity index (χ0) is 10.3. The molecular formula is C13H21NO. The maximum Gasteiger partial charge on any atom is 0.134 e. The van der Waals surface area contributed by atoms with Crippen molar-refractivity contribution < 1.29 is 4.79 Å². The van der Waals surface area contributed by atoms with Crippen LogP contribution in [0.4, 0.5) is 0 Å². The summed E-state index contributed by atoms with van der Waals surface area (Å²) in [6, 6.07) is 0.612. The third-order valence-corrected chi connectivity index (χ3v) is 4.61. The van der Waals surface area contributed by atoms with Gasteiger partial charge in [0.15, 0.2) is 0 Å². The molecule has 3 unspecified atom stereocenters. The smallest absolute Gasteiger partial charge is 0.134 e. The van der Waals surface area contributed by atoms with Crippen molar-refractivity contribution in [3.63, 3.8) is 0 Å². The van der Waals surface area contributed by atoms with Gasteiger partial charge < -0.3 is 0 Å². The molecule has 0 aromatic rings. The summed E-state index contributed by atoms with van der Waals surface area (Å²) in [5.41, 5.74) is 0. The van der Waals surface area contributed by atoms with Crippen molar-refractivity contribution in [3.8, 4) is 0 Å². The molecule has 0 spiro atoms. The Morgan fingerprint density at radius 3 is 2.40 bits per heavy atom. The van der Waals surface area contributed by atoms with Gasteiger partial charge in [-0.1, -0.05) is 6.42 Å². The second-order valence-electron chi connectivity index (χ2n) is 5.79. The van der Waals surface area contributed by atoms with Crippen molar-refractivity contribution in [3.05, 3.63) is 0 Å². The van der Waals surface area contributed by atoms with Crippen LogP contribution in [0.3, 0.4) is 0 Å². The molecule has 3 rings (SSSR count). The van der Waals surface area contributed by atoms with Crippen LogP contribution in [0.1, 0.15) is 44.9 Å². The Morgan fingerprint density at radius 1 is 1.07 bits per heavy atom. The number of nitrogens with zero attached hydrogens (tertiary/aromatic N) is 1. The highest BCUT2D eigenvalue weighted by molar-refractivity contribution is 5.81. The summed E-state index contributed by atoms with van der Waals surface area (Å²) in [7, 11) is 0. The summed E-state index contributed by atoms with van der Waals surface area (Å²) in [4.78, 5) is 14.0. The number of likely N-dealkylation sites (tertiary alicyclic amines) is 1. The van der Waals surface area contributed by atoms with E-state index in [1.807, 2.05) is 0 Å². The van der Waals surface area contributed by atoms with Crippen LogP contribution in [0.15, 0.2) is 0 Å². The first kappa shape index (κ1) is 9.83. The van der Waals surface area contributed by atoms with Crippen LogP contribution in [0.2, 0.25) is 0 Å². The number of carbonyl (C=O) groups excluding carboxylic acids is 1. The number of hydrogen-bond donors (Lipinski definition) is 0. The Labute approximate surface area is 92.0 Å². The van der Waals surface area contributed by atoms with Crippen molar-refractivity contribution in [2.45, 2.75) is 51.0 Å². The van der Waals surface area contributed by atoms with E-state index in [1.54, 1.807) is 0 Å². The van der Waals surface area contributed by atoms with Crippen molar-refractivity contribution in [2.75, 3.05) is 13.1 Å². The lowest BCUT2D eigenvalue weighted by molar-refractivity contribution is -0.117. The van der Waals surface area contributed by atoms with Gasteiger partial charge in [0.2, 0.25) is 0 Å². The average Bonchev–Trinajstić information content (AvgIpc) is 2.64. The van der Waals surface area contributed by atoms with Crippen LogP contribution in [0.5, 0.6) is 0 Å². The molecule has 84 valence electrons. The number of piperidine rings is 1. The van der Waals surface area contributed by atoms with E-state index in [9.17, 15) is 4.79 Å². The molecule has 2 nitrogen and oxygen atoms in total. The predicted molar refractivity (Wildman–Crippen MR) is 59.7 cm³/mol. The highest BCUT2D eigenvalue weighted by atomic mass is 16.1. The quantitative estimate of drug-likeness (QED) is 0.657. The van der Waals surface area contributed by atoms with Crippen LogP contribution in [-0.4, -0.2) is 29.8 Å². The standard InChI is InChI=1S/C13H21NO/c15-13-5-4-12(7-13)14-8-10-2-1-3-11(6-10)9-14/h10-12H,1-9H2. The average molecular weight is 207 g/mol. The molecule has 1 heterocycles. The molecule has 3 atom stereocenters. The number of rotatable bonds is 1. The normalized spacial score (nSPS) is 42.1. The van der Waals surface area contributed by atoms with Crippen LogP contribution in [0.25, 0.3) is 0 Å². The molecule has 3 fully saturated rings. The van der Waals surface area contributed by atoms with E-state index < -0.39 is 0 Å². The third-order valence-electron chi connectivity index (χ3n) is 4.61. The zero-order valence-corrected chi connectivity index (χ0v) is 9.45. The molecular weight excluding hydrogens is 186 g/mol. The molecule has 2 bridgehead atoms. The highest BCUT2D eigenvalue weighted by Gasteiger charge is 2.35. The minimum Gasteiger partial charge on any atom is -0.300 e. The fourth-order valence-corrected chi connectivity index (χ4v) is 3.88. The second-order valence-corrected chi connectivity index (χ2v) is 5.79. The van der Waals surface area contributed by atoms with E-state index in [0.29, 0.717) is 11.8 Å². The van der Waals surface area contributed by atoms with Gasteiger partial charge in [0.05, 0.1) is 0 Å². The molecule has 2 aliphatic carbocycles. The van der Waals surface area contributed by atoms with Crippen molar-refractivity contribution in [2.24, 2.45) is 11.8 Å². The van der Waals surface area contributed by atoms with Gasteiger partial charge in [-0.3, -0.25) is 9.69 Å². The van der Waals surface area contributed by atoms with Gasteiger partial charge in [0.25, 0.3) is 0 Å². The Balaban J connectivity index is 1.64. The zero-order valence-electron chi connectivity index (χ0n) is 9.45. The SMILES string of the molecule is O=C1CCC(N2CC3CCCC(C3)C2)C1. The van der Waals surface area contributed by atoms with E-state index in [1.165, 1.54) is 38.8 Å². The van der Waals surface area contributed by atoms with Gasteiger partial charge in [0.1, 0.15) is 5.78 Å². The molecule has 0 amide bonds. The van der Waals surface area contributed by atoms with Gasteiger partial charge in [-0.25, -0.2) is 0 Å². The molecule has 1 saturated heterocycles. The molecule has 0 aromatic heterocycles. The topological polar surface area (TPSA) is 20.3 Å². The van der Waals surface area contributed by atoms with Crippen LogP contribution < -0.4 is 0 Å². The molecule has 2 heteroatoms. The summed E-state index contributed by atoms with van der Waals surface area (Å²) in [6.45, 7) is 2.57. The number of carbonyl (C=O) groups is 1. The molecule has 0 N–H and O–H groups in total. The van der Waals surface area contributed by atoms with Gasteiger partial charge in [0, 0.05) is 32.0 Å². The van der Waals surface area contributed by atoms with E-state index >= 15 is 0 Å². The fourth-order valence-electron chi connectivity index (χ4n) is 3.88. The molecule has 15 heavy (non-hydrogen) atoms. The van der Waals surface area contributed by atoms with E-state index in [0.717, 1.165) is 31.1 Å². The number of fused-ring (bicyclic) bond motifs is 2. The summed E-state index contributed by atoms with van der Waals surface area (Å²) in [5, 5.41) is 0. The largest absolute Gasteiger partial charge is 0.300 e. The molecule has 0 radical (unpaired) electrons. The molecule has 3 aliphatic rings. The van der Waals surface area contributed by atoms with Crippen molar-refractivity contribution >= 4 is 5.78 Å². The lowest BCUT2D eigenvalue weighted by atomic mass is 9.77. The van der Waals surface area contributed by atoms with Gasteiger partial charge in [-0.05, 0) is 37.5 Å². The lowest BCUT2D eigenvalue weighted by Gasteiger charge is -2.43. The van der Waals surface area contributed by atoms with Crippen LogP contribution >= 0.6 is 0 Å². The van der Waals surface area contributed by atoms with Crippen LogP contribution in [0, 0.1) is 11.8 Å². The third kappa shape index (κ3) is 1.96. The van der Waals surface area contributed by atoms with Crippen LogP contribution in [-0.2, 0) is 4.79 Å². The molecule has 1 aliphatic heterocycles. The summed E-state index contributed by atoms with van der Waals surface area (Å²) >= 11 is 0. The molecule has 0 aromatic carbocycles. The minimum atomic E-state index is 0.496. The van der Waals surface area contributed by atoms with E-state index in [2.05, 4.69) is 4.90 Å². The maximum absolute atomic E-state index is 11.3.